The third-order valence-electron chi connectivity index (χ3n) is 4.80. The molecule has 1 aromatic heterocycles. The van der Waals surface area contributed by atoms with Crippen molar-refractivity contribution in [2.75, 3.05) is 5.32 Å². The number of hydrogen-bond donors (Lipinski definition) is 2. The molecular formula is C24H18Cl2N4O2. The quantitative estimate of drug-likeness (QED) is 0.407. The van der Waals surface area contributed by atoms with E-state index in [1.807, 2.05) is 42.5 Å². The zero-order chi connectivity index (χ0) is 22.7. The van der Waals surface area contributed by atoms with Gasteiger partial charge in [0.25, 0.3) is 5.91 Å². The van der Waals surface area contributed by atoms with Crippen LogP contribution in [0, 0.1) is 0 Å². The van der Waals surface area contributed by atoms with Crippen molar-refractivity contribution in [3.05, 3.63) is 106 Å². The fourth-order valence-electron chi connectivity index (χ4n) is 3.25. The Balaban J connectivity index is 1.69. The van der Waals surface area contributed by atoms with Gasteiger partial charge in [0, 0.05) is 22.5 Å². The van der Waals surface area contributed by atoms with Gasteiger partial charge in [0.2, 0.25) is 5.91 Å². The number of hydrogen-bond acceptors (Lipinski definition) is 3. The third kappa shape index (κ3) is 4.82. The van der Waals surface area contributed by atoms with E-state index in [0.717, 1.165) is 11.1 Å². The normalized spacial score (nSPS) is 10.7. The van der Waals surface area contributed by atoms with Crippen LogP contribution in [0.1, 0.15) is 26.3 Å². The minimum atomic E-state index is -0.677. The summed E-state index contributed by atoms with van der Waals surface area (Å²) in [6.45, 7) is 0.501. The highest BCUT2D eigenvalue weighted by atomic mass is 35.5. The van der Waals surface area contributed by atoms with Gasteiger partial charge in [0.05, 0.1) is 22.7 Å². The standard InChI is InChI=1S/C24H18Cl2N4O2/c25-17-8-6-16(7-9-17)22-20(14-30(29-22)13-15-4-2-1-3-5-15)24(32)28-18-10-11-21(26)19(12-18)23(27)31/h1-12,14H,13H2,(H2,27,31)(H,28,32). The van der Waals surface area contributed by atoms with Crippen molar-refractivity contribution in [1.29, 1.82) is 0 Å². The maximum absolute atomic E-state index is 13.2. The summed E-state index contributed by atoms with van der Waals surface area (Å²) in [4.78, 5) is 24.7. The largest absolute Gasteiger partial charge is 0.366 e. The van der Waals surface area contributed by atoms with Crippen LogP contribution in [0.25, 0.3) is 11.3 Å². The highest BCUT2D eigenvalue weighted by Crippen LogP contribution is 2.26. The number of anilines is 1. The Kier molecular flexibility index (Phi) is 6.25. The van der Waals surface area contributed by atoms with E-state index in [2.05, 4.69) is 10.4 Å². The molecule has 6 nitrogen and oxygen atoms in total. The summed E-state index contributed by atoms with van der Waals surface area (Å²) < 4.78 is 1.71. The number of rotatable bonds is 6. The predicted octanol–water partition coefficient (Wildman–Crippen LogP) is 5.26. The van der Waals surface area contributed by atoms with E-state index in [0.29, 0.717) is 28.5 Å². The molecule has 4 rings (SSSR count). The van der Waals surface area contributed by atoms with E-state index >= 15 is 0 Å². The zero-order valence-electron chi connectivity index (χ0n) is 16.8. The lowest BCUT2D eigenvalue weighted by molar-refractivity contribution is 0.0996. The molecule has 3 N–H and O–H groups in total. The lowest BCUT2D eigenvalue weighted by atomic mass is 10.1. The third-order valence-corrected chi connectivity index (χ3v) is 5.38. The van der Waals surface area contributed by atoms with Crippen LogP contribution in [0.2, 0.25) is 10.0 Å². The van der Waals surface area contributed by atoms with Gasteiger partial charge in [0.15, 0.2) is 0 Å². The van der Waals surface area contributed by atoms with Crippen LogP contribution in [0.5, 0.6) is 0 Å². The van der Waals surface area contributed by atoms with Crippen LogP contribution in [0.3, 0.4) is 0 Å². The Bertz CT molecular complexity index is 1290. The summed E-state index contributed by atoms with van der Waals surface area (Å²) in [6.07, 6.45) is 1.69. The Hall–Kier alpha value is -3.61. The summed E-state index contributed by atoms with van der Waals surface area (Å²) in [6, 6.07) is 21.5. The number of benzene rings is 3. The molecule has 0 bridgehead atoms. The smallest absolute Gasteiger partial charge is 0.259 e. The molecule has 8 heteroatoms. The second-order valence-electron chi connectivity index (χ2n) is 7.09. The molecule has 0 aliphatic carbocycles. The lowest BCUT2D eigenvalue weighted by Gasteiger charge is -2.08. The first-order valence-electron chi connectivity index (χ1n) is 9.69. The minimum absolute atomic E-state index is 0.127. The molecule has 0 saturated heterocycles. The Labute approximate surface area is 194 Å². The van der Waals surface area contributed by atoms with Crippen molar-refractivity contribution in [3.8, 4) is 11.3 Å². The van der Waals surface area contributed by atoms with Gasteiger partial charge in [-0.25, -0.2) is 0 Å². The van der Waals surface area contributed by atoms with E-state index in [1.165, 1.54) is 12.1 Å². The van der Waals surface area contributed by atoms with Crippen LogP contribution in [-0.2, 0) is 6.54 Å². The number of amides is 2. The monoisotopic (exact) mass is 464 g/mol. The highest BCUT2D eigenvalue weighted by Gasteiger charge is 2.19. The summed E-state index contributed by atoms with van der Waals surface area (Å²) in [5.41, 5.74) is 8.56. The van der Waals surface area contributed by atoms with Gasteiger partial charge >= 0.3 is 0 Å². The van der Waals surface area contributed by atoms with E-state index in [-0.39, 0.29) is 16.5 Å². The number of aromatic nitrogens is 2. The average Bonchev–Trinajstić information content (AvgIpc) is 3.20. The first-order chi connectivity index (χ1) is 15.4. The molecule has 4 aromatic rings. The summed E-state index contributed by atoms with van der Waals surface area (Å²) in [5, 5.41) is 8.24. The Morgan fingerprint density at radius 1 is 0.938 bits per heavy atom. The van der Waals surface area contributed by atoms with Crippen molar-refractivity contribution < 1.29 is 9.59 Å². The SMILES string of the molecule is NC(=O)c1cc(NC(=O)c2cn(Cc3ccccc3)nc2-c2ccc(Cl)cc2)ccc1Cl. The molecule has 0 saturated carbocycles. The molecule has 3 aromatic carbocycles. The van der Waals surface area contributed by atoms with Crippen molar-refractivity contribution in [2.24, 2.45) is 5.73 Å². The van der Waals surface area contributed by atoms with Crippen LogP contribution >= 0.6 is 23.2 Å². The molecule has 2 amide bonds. The fourth-order valence-corrected chi connectivity index (χ4v) is 3.59. The van der Waals surface area contributed by atoms with Gasteiger partial charge in [-0.3, -0.25) is 14.3 Å². The van der Waals surface area contributed by atoms with Crippen LogP contribution in [-0.4, -0.2) is 21.6 Å². The number of nitrogens with one attached hydrogen (secondary N) is 1. The minimum Gasteiger partial charge on any atom is -0.366 e. The maximum atomic E-state index is 13.2. The van der Waals surface area contributed by atoms with Gasteiger partial charge in [-0.1, -0.05) is 65.7 Å². The number of halogens is 2. The van der Waals surface area contributed by atoms with E-state index < -0.39 is 5.91 Å². The molecule has 160 valence electrons. The lowest BCUT2D eigenvalue weighted by Crippen LogP contribution is -2.15. The van der Waals surface area contributed by atoms with E-state index in [9.17, 15) is 9.59 Å². The molecule has 0 atom stereocenters. The second-order valence-corrected chi connectivity index (χ2v) is 7.94. The van der Waals surface area contributed by atoms with E-state index in [1.54, 1.807) is 29.1 Å². The second kappa shape index (κ2) is 9.26. The molecule has 32 heavy (non-hydrogen) atoms. The first-order valence-corrected chi connectivity index (χ1v) is 10.4. The van der Waals surface area contributed by atoms with Crippen molar-refractivity contribution in [3.63, 3.8) is 0 Å². The summed E-state index contributed by atoms with van der Waals surface area (Å²) in [5.74, 6) is -1.06. The molecule has 1 heterocycles. The van der Waals surface area contributed by atoms with Gasteiger partial charge in [-0.2, -0.15) is 5.10 Å². The van der Waals surface area contributed by atoms with Crippen molar-refractivity contribution in [1.82, 2.24) is 9.78 Å². The van der Waals surface area contributed by atoms with Gasteiger partial charge in [-0.15, -0.1) is 0 Å². The number of primary amides is 1. The molecule has 0 fully saturated rings. The highest BCUT2D eigenvalue weighted by molar-refractivity contribution is 6.34. The number of nitrogens with zero attached hydrogens (tertiary/aromatic N) is 2. The molecule has 0 aliphatic rings. The summed E-state index contributed by atoms with van der Waals surface area (Å²) in [7, 11) is 0. The van der Waals surface area contributed by atoms with Gasteiger partial charge < -0.3 is 11.1 Å². The van der Waals surface area contributed by atoms with Crippen LogP contribution < -0.4 is 11.1 Å². The van der Waals surface area contributed by atoms with Gasteiger partial charge in [0.1, 0.15) is 5.69 Å². The van der Waals surface area contributed by atoms with Crippen molar-refractivity contribution in [2.45, 2.75) is 6.54 Å². The molecule has 0 unspecified atom stereocenters. The average molecular weight is 465 g/mol. The van der Waals surface area contributed by atoms with E-state index in [4.69, 9.17) is 28.9 Å². The first kappa shape index (κ1) is 21.6. The zero-order valence-corrected chi connectivity index (χ0v) is 18.3. The Morgan fingerprint density at radius 2 is 1.66 bits per heavy atom. The predicted molar refractivity (Wildman–Crippen MR) is 126 cm³/mol. The summed E-state index contributed by atoms with van der Waals surface area (Å²) >= 11 is 12.0. The Morgan fingerprint density at radius 3 is 2.34 bits per heavy atom. The number of nitrogens with two attached hydrogens (primary N) is 1. The van der Waals surface area contributed by atoms with Crippen molar-refractivity contribution >= 4 is 40.7 Å². The number of carbonyl (C=O) groups excluding carboxylic acids is 2. The van der Waals surface area contributed by atoms with Crippen LogP contribution in [0.4, 0.5) is 5.69 Å². The number of carbonyl (C=O) groups is 2. The fraction of sp³-hybridized carbons (Fsp3) is 0.0417. The molecule has 0 spiro atoms. The van der Waals surface area contributed by atoms with Gasteiger partial charge in [-0.05, 0) is 35.9 Å². The van der Waals surface area contributed by atoms with Crippen LogP contribution in [0.15, 0.2) is 79.0 Å². The maximum Gasteiger partial charge on any atom is 0.259 e. The molecule has 0 aliphatic heterocycles. The topological polar surface area (TPSA) is 90.0 Å². The molecular weight excluding hydrogens is 447 g/mol. The molecule has 0 radical (unpaired) electrons.